The van der Waals surface area contributed by atoms with E-state index in [1.54, 1.807) is 0 Å². The van der Waals surface area contributed by atoms with E-state index in [-0.39, 0.29) is 24.8 Å². The number of rotatable bonds is 2. The second-order valence-corrected chi connectivity index (χ2v) is 6.12. The van der Waals surface area contributed by atoms with Gasteiger partial charge in [0, 0.05) is 41.2 Å². The molecule has 1 heterocycles. The highest BCUT2D eigenvalue weighted by atomic mass is 79.9. The number of nitrogens with zero attached hydrogens (tertiary/aromatic N) is 1. The topological polar surface area (TPSA) is 41.3 Å². The van der Waals surface area contributed by atoms with Crippen molar-refractivity contribution in [2.24, 2.45) is 0 Å². The van der Waals surface area contributed by atoms with Gasteiger partial charge in [-0.25, -0.2) is 0 Å². The molecular weight excluding hydrogens is 417 g/mol. The fourth-order valence-corrected chi connectivity index (χ4v) is 3.47. The van der Waals surface area contributed by atoms with E-state index in [0.29, 0.717) is 6.04 Å². The number of nitrogens with one attached hydrogen (secondary N) is 1. The molecule has 110 valence electrons. The van der Waals surface area contributed by atoms with Crippen molar-refractivity contribution in [3.05, 3.63) is 26.6 Å². The van der Waals surface area contributed by atoms with Gasteiger partial charge < -0.3 is 11.1 Å². The van der Waals surface area contributed by atoms with Crippen molar-refractivity contribution in [3.8, 4) is 0 Å². The van der Waals surface area contributed by atoms with Crippen LogP contribution in [0.3, 0.4) is 0 Å². The maximum absolute atomic E-state index is 6.15. The molecule has 1 atom stereocenters. The highest BCUT2D eigenvalue weighted by Gasteiger charge is 2.20. The van der Waals surface area contributed by atoms with Gasteiger partial charge in [-0.15, -0.1) is 24.8 Å². The Labute approximate surface area is 143 Å². The van der Waals surface area contributed by atoms with Crippen molar-refractivity contribution < 1.29 is 0 Å². The maximum Gasteiger partial charge on any atom is 0.0507 e. The highest BCUT2D eigenvalue weighted by Crippen LogP contribution is 2.34. The quantitative estimate of drug-likeness (QED) is 0.697. The second kappa shape index (κ2) is 8.70. The van der Waals surface area contributed by atoms with Crippen LogP contribution in [-0.4, -0.2) is 31.1 Å². The summed E-state index contributed by atoms with van der Waals surface area (Å²) in [6.45, 7) is 6.48. The van der Waals surface area contributed by atoms with Crippen molar-refractivity contribution in [1.29, 1.82) is 0 Å². The molecule has 19 heavy (non-hydrogen) atoms. The lowest BCUT2D eigenvalue weighted by molar-refractivity contribution is 0.186. The number of nitrogens with two attached hydrogens (primary N) is 1. The summed E-state index contributed by atoms with van der Waals surface area (Å²) in [5.74, 6) is 0. The van der Waals surface area contributed by atoms with E-state index in [1.165, 1.54) is 5.56 Å². The van der Waals surface area contributed by atoms with Crippen molar-refractivity contribution in [1.82, 2.24) is 10.2 Å². The molecule has 0 aromatic heterocycles. The molecule has 2 rings (SSSR count). The van der Waals surface area contributed by atoms with Gasteiger partial charge in [-0.3, -0.25) is 4.90 Å². The van der Waals surface area contributed by atoms with Crippen molar-refractivity contribution >= 4 is 62.4 Å². The van der Waals surface area contributed by atoms with Crippen molar-refractivity contribution in [3.63, 3.8) is 0 Å². The summed E-state index contributed by atoms with van der Waals surface area (Å²) in [7, 11) is 0. The first-order valence-corrected chi connectivity index (χ1v) is 7.37. The van der Waals surface area contributed by atoms with E-state index in [4.69, 9.17) is 5.73 Å². The van der Waals surface area contributed by atoms with Crippen molar-refractivity contribution in [2.75, 3.05) is 31.9 Å². The van der Waals surface area contributed by atoms with Crippen LogP contribution in [0.2, 0.25) is 0 Å². The molecule has 3 N–H and O–H groups in total. The lowest BCUT2D eigenvalue weighted by Gasteiger charge is -2.33. The Hall–Kier alpha value is 0.480. The van der Waals surface area contributed by atoms with Crippen LogP contribution in [0.4, 0.5) is 5.69 Å². The van der Waals surface area contributed by atoms with Crippen LogP contribution in [0.1, 0.15) is 18.5 Å². The molecule has 0 saturated carbocycles. The Morgan fingerprint density at radius 1 is 1.21 bits per heavy atom. The molecule has 1 aromatic carbocycles. The summed E-state index contributed by atoms with van der Waals surface area (Å²) in [5, 5.41) is 3.37. The van der Waals surface area contributed by atoms with Crippen LogP contribution in [0, 0.1) is 0 Å². The molecule has 0 aliphatic carbocycles. The Bertz CT molecular complexity index is 412. The first kappa shape index (κ1) is 19.5. The minimum Gasteiger partial charge on any atom is -0.398 e. The number of anilines is 1. The average Bonchev–Trinajstić information content (AvgIpc) is 2.34. The van der Waals surface area contributed by atoms with E-state index in [0.717, 1.165) is 40.8 Å². The molecule has 3 nitrogen and oxygen atoms in total. The van der Waals surface area contributed by atoms with Crippen LogP contribution >= 0.6 is 56.7 Å². The van der Waals surface area contributed by atoms with Crippen LogP contribution in [-0.2, 0) is 0 Å². The summed E-state index contributed by atoms with van der Waals surface area (Å²) in [5.41, 5.74) is 8.18. The van der Waals surface area contributed by atoms with Gasteiger partial charge in [0.1, 0.15) is 0 Å². The number of hydrogen-bond donors (Lipinski definition) is 2. The molecule has 1 aliphatic rings. The van der Waals surface area contributed by atoms with E-state index >= 15 is 0 Å². The summed E-state index contributed by atoms with van der Waals surface area (Å²) >= 11 is 7.03. The van der Waals surface area contributed by atoms with E-state index in [1.807, 2.05) is 6.07 Å². The Kier molecular flexibility index (Phi) is 8.92. The first-order valence-electron chi connectivity index (χ1n) is 5.79. The number of hydrogen-bond acceptors (Lipinski definition) is 3. The Morgan fingerprint density at radius 3 is 2.37 bits per heavy atom. The lowest BCUT2D eigenvalue weighted by Crippen LogP contribution is -2.44. The average molecular weight is 436 g/mol. The van der Waals surface area contributed by atoms with E-state index in [9.17, 15) is 0 Å². The minimum atomic E-state index is 0. The van der Waals surface area contributed by atoms with E-state index < -0.39 is 0 Å². The summed E-state index contributed by atoms with van der Waals surface area (Å²) in [6.07, 6.45) is 0. The predicted molar refractivity (Wildman–Crippen MR) is 93.6 cm³/mol. The van der Waals surface area contributed by atoms with Crippen LogP contribution in [0.15, 0.2) is 21.1 Å². The predicted octanol–water partition coefficient (Wildman–Crippen LogP) is 3.60. The molecule has 0 bridgehead atoms. The normalized spacial score (nSPS) is 17.2. The van der Waals surface area contributed by atoms with Gasteiger partial charge in [-0.2, -0.15) is 0 Å². The lowest BCUT2D eigenvalue weighted by atomic mass is 10.0. The Balaban J connectivity index is 0.00000162. The van der Waals surface area contributed by atoms with Gasteiger partial charge in [0.2, 0.25) is 0 Å². The zero-order chi connectivity index (χ0) is 12.4. The van der Waals surface area contributed by atoms with Gasteiger partial charge in [-0.05, 0) is 40.5 Å². The number of piperazine rings is 1. The fourth-order valence-electron chi connectivity index (χ4n) is 2.22. The van der Waals surface area contributed by atoms with Gasteiger partial charge >= 0.3 is 0 Å². The molecule has 1 aliphatic heterocycles. The molecule has 0 radical (unpaired) electrons. The zero-order valence-electron chi connectivity index (χ0n) is 10.7. The molecule has 1 fully saturated rings. The number of halogens is 4. The SMILES string of the molecule is C[C@@H](c1cc(Br)cc(Br)c1N)N1CCNCC1.Cl.Cl. The third-order valence-electron chi connectivity index (χ3n) is 3.28. The summed E-state index contributed by atoms with van der Waals surface area (Å²) < 4.78 is 2.03. The minimum absolute atomic E-state index is 0. The largest absolute Gasteiger partial charge is 0.398 e. The van der Waals surface area contributed by atoms with Gasteiger partial charge in [-0.1, -0.05) is 15.9 Å². The van der Waals surface area contributed by atoms with Crippen LogP contribution < -0.4 is 11.1 Å². The standard InChI is InChI=1S/C12H17Br2N3.2ClH/c1-8(17-4-2-16-3-5-17)10-6-9(13)7-11(14)12(10)15;;/h6-8,16H,2-5,15H2,1H3;2*1H/t8-;;/m0../s1. The smallest absolute Gasteiger partial charge is 0.0507 e. The molecule has 1 saturated heterocycles. The second-order valence-electron chi connectivity index (χ2n) is 4.35. The molecule has 0 unspecified atom stereocenters. The van der Waals surface area contributed by atoms with Gasteiger partial charge in [0.05, 0.1) is 5.69 Å². The summed E-state index contributed by atoms with van der Waals surface area (Å²) in [6, 6.07) is 4.46. The van der Waals surface area contributed by atoms with E-state index in [2.05, 4.69) is 55.1 Å². The van der Waals surface area contributed by atoms with Crippen LogP contribution in [0.25, 0.3) is 0 Å². The Morgan fingerprint density at radius 2 is 1.79 bits per heavy atom. The third-order valence-corrected chi connectivity index (χ3v) is 4.39. The zero-order valence-corrected chi connectivity index (χ0v) is 15.5. The van der Waals surface area contributed by atoms with Crippen molar-refractivity contribution in [2.45, 2.75) is 13.0 Å². The van der Waals surface area contributed by atoms with Crippen LogP contribution in [0.5, 0.6) is 0 Å². The molecular formula is C12H19Br2Cl2N3. The molecule has 0 spiro atoms. The molecule has 7 heteroatoms. The third kappa shape index (κ3) is 4.76. The number of nitrogen functional groups attached to an aromatic ring is 1. The molecule has 0 amide bonds. The monoisotopic (exact) mass is 433 g/mol. The fraction of sp³-hybridized carbons (Fsp3) is 0.500. The number of benzene rings is 1. The first-order chi connectivity index (χ1) is 8.09. The highest BCUT2D eigenvalue weighted by molar-refractivity contribution is 9.11. The van der Waals surface area contributed by atoms with Gasteiger partial charge in [0.25, 0.3) is 0 Å². The summed E-state index contributed by atoms with van der Waals surface area (Å²) in [4.78, 5) is 2.46. The van der Waals surface area contributed by atoms with Gasteiger partial charge in [0.15, 0.2) is 0 Å². The molecule has 1 aromatic rings. The maximum atomic E-state index is 6.15.